The van der Waals surface area contributed by atoms with Crippen LogP contribution in [-0.2, 0) is 14.3 Å². The molecule has 0 aromatic carbocycles. The standard InChI is InChI=1S/C16H33N3O3/c1-5-22-14(6-11-19(2)3)12-18-15(20)16(13-21-4)7-9-17-10-8-16/h14,17H,5-13H2,1-4H3,(H,18,20). The molecule has 1 fully saturated rings. The Morgan fingerprint density at radius 2 is 2.05 bits per heavy atom. The minimum absolute atomic E-state index is 0.0673. The Morgan fingerprint density at radius 1 is 1.36 bits per heavy atom. The van der Waals surface area contributed by atoms with Crippen LogP contribution in [0, 0.1) is 5.41 Å². The van der Waals surface area contributed by atoms with Gasteiger partial charge in [0.15, 0.2) is 0 Å². The number of carbonyl (C=O) groups excluding carboxylic acids is 1. The maximum Gasteiger partial charge on any atom is 0.228 e. The largest absolute Gasteiger partial charge is 0.384 e. The smallest absolute Gasteiger partial charge is 0.228 e. The topological polar surface area (TPSA) is 62.8 Å². The summed E-state index contributed by atoms with van der Waals surface area (Å²) in [6, 6.07) is 0. The van der Waals surface area contributed by atoms with E-state index in [0.29, 0.717) is 19.8 Å². The molecule has 0 spiro atoms. The van der Waals surface area contributed by atoms with Crippen molar-refractivity contribution in [2.45, 2.75) is 32.3 Å². The minimum Gasteiger partial charge on any atom is -0.384 e. The van der Waals surface area contributed by atoms with Crippen molar-refractivity contribution in [3.05, 3.63) is 0 Å². The molecule has 2 N–H and O–H groups in total. The van der Waals surface area contributed by atoms with E-state index < -0.39 is 5.41 Å². The quantitative estimate of drug-likeness (QED) is 0.614. The van der Waals surface area contributed by atoms with Crippen LogP contribution < -0.4 is 10.6 Å². The monoisotopic (exact) mass is 315 g/mol. The number of rotatable bonds is 10. The molecule has 6 heteroatoms. The van der Waals surface area contributed by atoms with Crippen LogP contribution in [0.25, 0.3) is 0 Å². The van der Waals surface area contributed by atoms with Crippen LogP contribution in [0.1, 0.15) is 26.2 Å². The first-order chi connectivity index (χ1) is 10.5. The second-order valence-electron chi connectivity index (χ2n) is 6.34. The Morgan fingerprint density at radius 3 is 2.59 bits per heavy atom. The van der Waals surface area contributed by atoms with Crippen molar-refractivity contribution in [2.75, 3.05) is 60.6 Å². The van der Waals surface area contributed by atoms with E-state index in [0.717, 1.165) is 38.9 Å². The second-order valence-corrected chi connectivity index (χ2v) is 6.34. The number of methoxy groups -OCH3 is 1. The van der Waals surface area contributed by atoms with Crippen LogP contribution in [0.15, 0.2) is 0 Å². The Hall–Kier alpha value is -0.690. The lowest BCUT2D eigenvalue weighted by Crippen LogP contribution is -2.51. The van der Waals surface area contributed by atoms with Gasteiger partial charge in [-0.15, -0.1) is 0 Å². The summed E-state index contributed by atoms with van der Waals surface area (Å²) in [5, 5.41) is 6.40. The van der Waals surface area contributed by atoms with Crippen molar-refractivity contribution in [3.63, 3.8) is 0 Å². The third-order valence-electron chi connectivity index (χ3n) is 4.25. The Balaban J connectivity index is 2.52. The molecule has 1 amide bonds. The summed E-state index contributed by atoms with van der Waals surface area (Å²) < 4.78 is 11.1. The molecule has 0 bridgehead atoms. The normalized spacial score (nSPS) is 19.1. The van der Waals surface area contributed by atoms with Gasteiger partial charge in [-0.3, -0.25) is 4.79 Å². The van der Waals surface area contributed by atoms with Gasteiger partial charge >= 0.3 is 0 Å². The fourth-order valence-corrected chi connectivity index (χ4v) is 2.89. The fourth-order valence-electron chi connectivity index (χ4n) is 2.89. The summed E-state index contributed by atoms with van der Waals surface area (Å²) in [5.41, 5.74) is -0.391. The maximum absolute atomic E-state index is 12.7. The van der Waals surface area contributed by atoms with E-state index in [-0.39, 0.29) is 12.0 Å². The molecular weight excluding hydrogens is 282 g/mol. The van der Waals surface area contributed by atoms with Crippen LogP contribution in [0.4, 0.5) is 0 Å². The van der Waals surface area contributed by atoms with Crippen LogP contribution in [0.5, 0.6) is 0 Å². The lowest BCUT2D eigenvalue weighted by atomic mass is 9.78. The number of ether oxygens (including phenoxy) is 2. The van der Waals surface area contributed by atoms with Gasteiger partial charge in [0, 0.05) is 26.8 Å². The van der Waals surface area contributed by atoms with Crippen molar-refractivity contribution < 1.29 is 14.3 Å². The molecule has 0 aromatic rings. The van der Waals surface area contributed by atoms with Gasteiger partial charge in [-0.2, -0.15) is 0 Å². The molecule has 1 rings (SSSR count). The number of hydrogen-bond donors (Lipinski definition) is 2. The van der Waals surface area contributed by atoms with Gasteiger partial charge in [0.2, 0.25) is 5.91 Å². The molecule has 1 heterocycles. The average molecular weight is 315 g/mol. The highest BCUT2D eigenvalue weighted by Crippen LogP contribution is 2.29. The van der Waals surface area contributed by atoms with E-state index in [2.05, 4.69) is 15.5 Å². The predicted octanol–water partition coefficient (Wildman–Crippen LogP) is 0.476. The zero-order valence-corrected chi connectivity index (χ0v) is 14.6. The summed E-state index contributed by atoms with van der Waals surface area (Å²) in [5.74, 6) is 0.102. The molecular formula is C16H33N3O3. The second kappa shape index (κ2) is 10.2. The molecule has 0 radical (unpaired) electrons. The average Bonchev–Trinajstić information content (AvgIpc) is 2.50. The summed E-state index contributed by atoms with van der Waals surface area (Å²) in [7, 11) is 5.76. The Labute approximate surface area is 134 Å². The molecule has 0 aromatic heterocycles. The number of nitrogens with zero attached hydrogens (tertiary/aromatic N) is 1. The highest BCUT2D eigenvalue weighted by Gasteiger charge is 2.39. The summed E-state index contributed by atoms with van der Waals surface area (Å²) in [6.45, 7) is 6.40. The van der Waals surface area contributed by atoms with E-state index in [1.165, 1.54) is 0 Å². The van der Waals surface area contributed by atoms with Crippen LogP contribution in [-0.4, -0.2) is 77.5 Å². The molecule has 1 atom stereocenters. The molecule has 0 aliphatic carbocycles. The number of hydrogen-bond acceptors (Lipinski definition) is 5. The molecule has 22 heavy (non-hydrogen) atoms. The van der Waals surface area contributed by atoms with Gasteiger partial charge in [0.05, 0.1) is 18.1 Å². The summed E-state index contributed by atoms with van der Waals surface area (Å²) in [4.78, 5) is 14.8. The highest BCUT2D eigenvalue weighted by molar-refractivity contribution is 5.83. The zero-order valence-electron chi connectivity index (χ0n) is 14.6. The molecule has 6 nitrogen and oxygen atoms in total. The Bertz CT molecular complexity index is 312. The summed E-state index contributed by atoms with van der Waals surface area (Å²) in [6.07, 6.45) is 2.63. The highest BCUT2D eigenvalue weighted by atomic mass is 16.5. The van der Waals surface area contributed by atoms with Gasteiger partial charge in [0.1, 0.15) is 0 Å². The van der Waals surface area contributed by atoms with E-state index in [1.54, 1.807) is 7.11 Å². The van der Waals surface area contributed by atoms with E-state index in [9.17, 15) is 4.79 Å². The van der Waals surface area contributed by atoms with Crippen LogP contribution in [0.2, 0.25) is 0 Å². The van der Waals surface area contributed by atoms with Gasteiger partial charge < -0.3 is 25.0 Å². The number of amides is 1. The van der Waals surface area contributed by atoms with E-state index in [4.69, 9.17) is 9.47 Å². The van der Waals surface area contributed by atoms with E-state index >= 15 is 0 Å². The molecule has 0 saturated carbocycles. The molecule has 130 valence electrons. The third-order valence-corrected chi connectivity index (χ3v) is 4.25. The Kier molecular flexibility index (Phi) is 8.93. The van der Waals surface area contributed by atoms with Crippen molar-refractivity contribution in [3.8, 4) is 0 Å². The fraction of sp³-hybridized carbons (Fsp3) is 0.938. The predicted molar refractivity (Wildman–Crippen MR) is 88.0 cm³/mol. The van der Waals surface area contributed by atoms with Crippen molar-refractivity contribution in [2.24, 2.45) is 5.41 Å². The van der Waals surface area contributed by atoms with Crippen molar-refractivity contribution >= 4 is 5.91 Å². The first kappa shape index (κ1) is 19.4. The lowest BCUT2D eigenvalue weighted by Gasteiger charge is -2.36. The molecule has 1 aliphatic rings. The number of piperidine rings is 1. The number of carbonyl (C=O) groups is 1. The first-order valence-electron chi connectivity index (χ1n) is 8.28. The van der Waals surface area contributed by atoms with Gasteiger partial charge in [-0.05, 0) is 53.4 Å². The van der Waals surface area contributed by atoms with E-state index in [1.807, 2.05) is 21.0 Å². The lowest BCUT2D eigenvalue weighted by molar-refractivity contribution is -0.136. The van der Waals surface area contributed by atoms with Gasteiger partial charge in [0.25, 0.3) is 0 Å². The number of nitrogens with one attached hydrogen (secondary N) is 2. The van der Waals surface area contributed by atoms with Crippen LogP contribution >= 0.6 is 0 Å². The maximum atomic E-state index is 12.7. The van der Waals surface area contributed by atoms with Gasteiger partial charge in [-0.1, -0.05) is 0 Å². The first-order valence-corrected chi connectivity index (χ1v) is 8.28. The minimum atomic E-state index is -0.391. The van der Waals surface area contributed by atoms with Crippen LogP contribution in [0.3, 0.4) is 0 Å². The third kappa shape index (κ3) is 6.20. The molecule has 1 aliphatic heterocycles. The molecule has 1 unspecified atom stereocenters. The summed E-state index contributed by atoms with van der Waals surface area (Å²) >= 11 is 0. The molecule has 1 saturated heterocycles. The van der Waals surface area contributed by atoms with Crippen molar-refractivity contribution in [1.82, 2.24) is 15.5 Å². The zero-order chi connectivity index (χ0) is 16.4. The SMILES string of the molecule is CCOC(CCN(C)C)CNC(=O)C1(COC)CCNCC1. The van der Waals surface area contributed by atoms with Crippen molar-refractivity contribution in [1.29, 1.82) is 0 Å². The van der Waals surface area contributed by atoms with Gasteiger partial charge in [-0.25, -0.2) is 0 Å².